The zero-order valence-electron chi connectivity index (χ0n) is 21.3. The van der Waals surface area contributed by atoms with Crippen molar-refractivity contribution in [1.29, 1.82) is 0 Å². The van der Waals surface area contributed by atoms with E-state index in [0.717, 1.165) is 36.8 Å². The Labute approximate surface area is 214 Å². The van der Waals surface area contributed by atoms with Gasteiger partial charge in [-0.1, -0.05) is 86.6 Å². The van der Waals surface area contributed by atoms with E-state index >= 15 is 0 Å². The number of aryl methyl sites for hydroxylation is 2. The highest BCUT2D eigenvalue weighted by molar-refractivity contribution is 5.80. The minimum atomic E-state index is 0.0172. The summed E-state index contributed by atoms with van der Waals surface area (Å²) in [5.74, 6) is 0.780. The van der Waals surface area contributed by atoms with Crippen molar-refractivity contribution in [3.63, 3.8) is 0 Å². The molecule has 4 heteroatoms. The first-order chi connectivity index (χ1) is 17.5. The molecule has 0 unspecified atom stereocenters. The van der Waals surface area contributed by atoms with Crippen molar-refractivity contribution in [2.75, 3.05) is 0 Å². The van der Waals surface area contributed by atoms with Gasteiger partial charge in [-0.2, -0.15) is 0 Å². The highest BCUT2D eigenvalue weighted by atomic mass is 16.2. The Hall–Kier alpha value is -3.40. The summed E-state index contributed by atoms with van der Waals surface area (Å²) in [6.45, 7) is 5.38. The predicted octanol–water partition coefficient (Wildman–Crippen LogP) is 5.65. The molecule has 0 saturated carbocycles. The minimum absolute atomic E-state index is 0.0172. The molecule has 2 aliphatic carbocycles. The summed E-state index contributed by atoms with van der Waals surface area (Å²) >= 11 is 0. The Balaban J connectivity index is 1.11. The normalized spacial score (nSPS) is 22.7. The molecule has 186 valence electrons. The van der Waals surface area contributed by atoms with E-state index in [1.54, 1.807) is 0 Å². The van der Waals surface area contributed by atoms with Crippen LogP contribution in [0.5, 0.6) is 0 Å². The van der Waals surface area contributed by atoms with Crippen LogP contribution in [0.25, 0.3) is 0 Å². The molecule has 2 aliphatic rings. The van der Waals surface area contributed by atoms with E-state index in [2.05, 4.69) is 73.0 Å². The number of carbonyl (C=O) groups excluding carboxylic acids is 2. The maximum absolute atomic E-state index is 12.9. The number of nitrogens with one attached hydrogen (secondary N) is 2. The zero-order valence-corrected chi connectivity index (χ0v) is 21.3. The number of hydrogen-bond donors (Lipinski definition) is 2. The third-order valence-corrected chi connectivity index (χ3v) is 8.38. The Bertz CT molecular complexity index is 1140. The van der Waals surface area contributed by atoms with Crippen molar-refractivity contribution in [2.45, 2.75) is 64.5 Å². The molecule has 5 rings (SSSR count). The minimum Gasteiger partial charge on any atom is -0.352 e. The molecule has 0 bridgehead atoms. The first-order valence-corrected chi connectivity index (χ1v) is 13.3. The van der Waals surface area contributed by atoms with Crippen molar-refractivity contribution in [3.8, 4) is 0 Å². The summed E-state index contributed by atoms with van der Waals surface area (Å²) < 4.78 is 0. The lowest BCUT2D eigenvalue weighted by molar-refractivity contribution is -0.127. The molecule has 4 nitrogen and oxygen atoms in total. The Morgan fingerprint density at radius 3 is 1.44 bits per heavy atom. The highest BCUT2D eigenvalue weighted by Gasteiger charge is 2.32. The second kappa shape index (κ2) is 10.7. The van der Waals surface area contributed by atoms with Gasteiger partial charge in [-0.15, -0.1) is 0 Å². The summed E-state index contributed by atoms with van der Waals surface area (Å²) in [6.07, 6.45) is 3.72. The van der Waals surface area contributed by atoms with Crippen LogP contribution < -0.4 is 10.6 Å². The Kier molecular flexibility index (Phi) is 7.22. The second-order valence-corrected chi connectivity index (χ2v) is 10.5. The van der Waals surface area contributed by atoms with Crippen molar-refractivity contribution < 1.29 is 9.59 Å². The van der Waals surface area contributed by atoms with E-state index in [1.807, 2.05) is 24.3 Å². The van der Waals surface area contributed by atoms with Gasteiger partial charge in [0.15, 0.2) is 0 Å². The first-order valence-electron chi connectivity index (χ1n) is 13.3. The van der Waals surface area contributed by atoms with Crippen LogP contribution in [0.4, 0.5) is 0 Å². The molecule has 0 aliphatic heterocycles. The molecule has 36 heavy (non-hydrogen) atoms. The number of amides is 2. The van der Waals surface area contributed by atoms with Crippen LogP contribution in [0.3, 0.4) is 0 Å². The largest absolute Gasteiger partial charge is 0.352 e. The molecule has 0 aromatic heterocycles. The molecule has 0 fully saturated rings. The van der Waals surface area contributed by atoms with Crippen molar-refractivity contribution in [1.82, 2.24) is 10.6 Å². The monoisotopic (exact) mass is 480 g/mol. The van der Waals surface area contributed by atoms with Crippen molar-refractivity contribution >= 4 is 11.8 Å². The number of fused-ring (bicyclic) bond motifs is 2. The summed E-state index contributed by atoms with van der Waals surface area (Å²) in [5, 5.41) is 6.29. The Morgan fingerprint density at radius 2 is 1.03 bits per heavy atom. The molecule has 2 N–H and O–H groups in total. The van der Waals surface area contributed by atoms with Gasteiger partial charge in [0.2, 0.25) is 11.8 Å². The van der Waals surface area contributed by atoms with Gasteiger partial charge < -0.3 is 10.6 Å². The molecule has 3 aromatic carbocycles. The van der Waals surface area contributed by atoms with Gasteiger partial charge in [0.25, 0.3) is 0 Å². The highest BCUT2D eigenvalue weighted by Crippen LogP contribution is 2.37. The molecular formula is C32H36N2O2. The van der Waals surface area contributed by atoms with E-state index in [4.69, 9.17) is 0 Å². The Morgan fingerprint density at radius 1 is 0.639 bits per heavy atom. The molecular weight excluding hydrogens is 444 g/mol. The van der Waals surface area contributed by atoms with Gasteiger partial charge in [-0.3, -0.25) is 9.59 Å². The van der Waals surface area contributed by atoms with Crippen LogP contribution in [0.1, 0.15) is 71.9 Å². The summed E-state index contributed by atoms with van der Waals surface area (Å²) in [6, 6.07) is 25.1. The molecule has 0 heterocycles. The van der Waals surface area contributed by atoms with Gasteiger partial charge >= 0.3 is 0 Å². The van der Waals surface area contributed by atoms with Gasteiger partial charge in [-0.25, -0.2) is 0 Å². The average molecular weight is 481 g/mol. The lowest BCUT2D eigenvalue weighted by Crippen LogP contribution is -2.35. The topological polar surface area (TPSA) is 58.2 Å². The zero-order chi connectivity index (χ0) is 25.1. The molecule has 0 spiro atoms. The molecule has 2 amide bonds. The quantitative estimate of drug-likeness (QED) is 0.479. The lowest BCUT2D eigenvalue weighted by atomic mass is 9.75. The fourth-order valence-electron chi connectivity index (χ4n) is 6.10. The number of hydrogen-bond acceptors (Lipinski definition) is 2. The fraction of sp³-hybridized carbons (Fsp3) is 0.375. The predicted molar refractivity (Wildman–Crippen MR) is 143 cm³/mol. The third kappa shape index (κ3) is 5.09. The molecule has 4 atom stereocenters. The van der Waals surface area contributed by atoms with Gasteiger partial charge in [0.1, 0.15) is 0 Å². The average Bonchev–Trinajstić information content (AvgIpc) is 2.91. The fourth-order valence-corrected chi connectivity index (χ4v) is 6.10. The van der Waals surface area contributed by atoms with Gasteiger partial charge in [0, 0.05) is 24.9 Å². The van der Waals surface area contributed by atoms with E-state index in [9.17, 15) is 9.59 Å². The van der Waals surface area contributed by atoms with Crippen LogP contribution in [0.15, 0.2) is 72.8 Å². The summed E-state index contributed by atoms with van der Waals surface area (Å²) in [4.78, 5) is 25.9. The number of carbonyl (C=O) groups is 2. The van der Waals surface area contributed by atoms with Crippen LogP contribution >= 0.6 is 0 Å². The van der Waals surface area contributed by atoms with Crippen LogP contribution in [0, 0.1) is 11.8 Å². The number of rotatable bonds is 6. The molecule has 0 radical (unpaired) electrons. The molecule has 0 saturated heterocycles. The van der Waals surface area contributed by atoms with Gasteiger partial charge in [0.05, 0.1) is 0 Å². The third-order valence-electron chi connectivity index (χ3n) is 8.38. The molecule has 3 aromatic rings. The van der Waals surface area contributed by atoms with Crippen LogP contribution in [-0.4, -0.2) is 11.8 Å². The van der Waals surface area contributed by atoms with E-state index in [-0.39, 0.29) is 35.5 Å². The SMILES string of the molecule is C[C@H]1c2ccccc2CC[C@H]1C(=O)NCc1ccc(CNC(=O)[C@@H]2CCc3ccccc3[C@@H]2C)cc1. The van der Waals surface area contributed by atoms with Gasteiger partial charge in [-0.05, 0) is 70.9 Å². The maximum Gasteiger partial charge on any atom is 0.223 e. The maximum atomic E-state index is 12.9. The second-order valence-electron chi connectivity index (χ2n) is 10.5. The first kappa shape index (κ1) is 24.3. The van der Waals surface area contributed by atoms with Crippen LogP contribution in [0.2, 0.25) is 0 Å². The van der Waals surface area contributed by atoms with Crippen LogP contribution in [-0.2, 0) is 35.5 Å². The smallest absolute Gasteiger partial charge is 0.223 e. The van der Waals surface area contributed by atoms with E-state index < -0.39 is 0 Å². The van der Waals surface area contributed by atoms with Crippen molar-refractivity contribution in [2.24, 2.45) is 11.8 Å². The van der Waals surface area contributed by atoms with E-state index in [0.29, 0.717) is 13.1 Å². The summed E-state index contributed by atoms with van der Waals surface area (Å²) in [7, 11) is 0. The standard InChI is InChI=1S/C32H36N2O2/c1-21-27-9-5-3-7-25(27)15-17-29(21)31(35)33-19-23-11-13-24(14-12-23)20-34-32(36)30-18-16-26-8-4-6-10-28(26)22(30)2/h3-14,21-22,29-30H,15-20H2,1-2H3,(H,33,35)(H,34,36)/t21-,22-,29+,30+/m0/s1. The van der Waals surface area contributed by atoms with E-state index in [1.165, 1.54) is 22.3 Å². The summed E-state index contributed by atoms with van der Waals surface area (Å²) in [5.41, 5.74) is 7.50. The number of benzene rings is 3. The lowest BCUT2D eigenvalue weighted by Gasteiger charge is -2.30. The van der Waals surface area contributed by atoms with Crippen molar-refractivity contribution in [3.05, 3.63) is 106 Å².